The molecule has 434 valence electrons. The number of fused-ring (bicyclic) bond motifs is 12. The molecule has 0 spiro atoms. The van der Waals surface area contributed by atoms with Gasteiger partial charge in [0.2, 0.25) is 0 Å². The molecule has 0 saturated heterocycles. The maximum atomic E-state index is 2.58. The molecule has 0 fully saturated rings. The van der Waals surface area contributed by atoms with Crippen molar-refractivity contribution in [1.82, 2.24) is 8.80 Å². The van der Waals surface area contributed by atoms with Crippen molar-refractivity contribution in [2.45, 2.75) is 119 Å². The molecule has 4 heterocycles. The van der Waals surface area contributed by atoms with Crippen LogP contribution in [-0.4, -0.2) is 8.80 Å². The monoisotopic (exact) mass is 1140 g/mol. The maximum Gasteiger partial charge on any atom is 0.0641 e. The van der Waals surface area contributed by atoms with Crippen LogP contribution >= 0.6 is 0 Å². The normalized spacial score (nSPS) is 12.9. The molecule has 88 heavy (non-hydrogen) atoms. The van der Waals surface area contributed by atoms with Crippen molar-refractivity contribution in [2.24, 2.45) is 0 Å². The number of anilines is 6. The van der Waals surface area contributed by atoms with Crippen LogP contribution in [0.1, 0.15) is 116 Å². The highest BCUT2D eigenvalue weighted by atomic mass is 15.2. The Morgan fingerprint density at radius 1 is 0.261 bits per heavy atom. The molecule has 4 aromatic heterocycles. The lowest BCUT2D eigenvalue weighted by atomic mass is 9.84. The van der Waals surface area contributed by atoms with E-state index < -0.39 is 0 Å². The summed E-state index contributed by atoms with van der Waals surface area (Å²) in [7, 11) is 0. The Bertz CT molecular complexity index is 4920. The zero-order valence-electron chi connectivity index (χ0n) is 53.6. The van der Waals surface area contributed by atoms with E-state index >= 15 is 0 Å². The maximum absolute atomic E-state index is 2.58. The summed E-state index contributed by atoms with van der Waals surface area (Å²) >= 11 is 0. The second-order valence-corrected chi connectivity index (χ2v) is 29.2. The van der Waals surface area contributed by atoms with Crippen LogP contribution in [0.2, 0.25) is 0 Å². The summed E-state index contributed by atoms with van der Waals surface area (Å²) in [5.41, 5.74) is 26.8. The van der Waals surface area contributed by atoms with Gasteiger partial charge >= 0.3 is 0 Å². The Morgan fingerprint density at radius 3 is 0.955 bits per heavy atom. The fourth-order valence-corrected chi connectivity index (χ4v) is 14.5. The Morgan fingerprint density at radius 2 is 0.591 bits per heavy atom. The topological polar surface area (TPSA) is 15.3 Å². The van der Waals surface area contributed by atoms with Crippen molar-refractivity contribution in [3.05, 3.63) is 252 Å². The average Bonchev–Trinajstić information content (AvgIpc) is 1.53. The van der Waals surface area contributed by atoms with Gasteiger partial charge in [-0.1, -0.05) is 217 Å². The number of nitrogens with zero attached hydrogens (tertiary/aromatic N) is 4. The van der Waals surface area contributed by atoms with E-state index in [1.165, 1.54) is 132 Å². The smallest absolute Gasteiger partial charge is 0.0641 e. The Labute approximate surface area is 518 Å². The van der Waals surface area contributed by atoms with Crippen molar-refractivity contribution < 1.29 is 0 Å². The first kappa shape index (κ1) is 55.2. The number of benzene rings is 11. The summed E-state index contributed by atoms with van der Waals surface area (Å²) in [6.45, 7) is 32.2. The van der Waals surface area contributed by atoms with Crippen LogP contribution in [-0.2, 0) is 21.7 Å². The molecule has 0 bridgehead atoms. The van der Waals surface area contributed by atoms with Gasteiger partial charge in [-0.2, -0.15) is 0 Å². The van der Waals surface area contributed by atoms with Crippen molar-refractivity contribution in [1.29, 1.82) is 0 Å². The zero-order valence-corrected chi connectivity index (χ0v) is 53.6. The molecule has 11 aromatic carbocycles. The van der Waals surface area contributed by atoms with Gasteiger partial charge in [-0.3, -0.25) is 0 Å². The standard InChI is InChI=1S/C84H78N4/c1-51-23-15-17-25-59(51)65-47-55(83(9,10)11)35-43-71(65)85(57-37-31-53(32-38-57)81(3,4)5)73-45-41-61-67-49-76-68(50-75(67)87-69-29-21-19-27-63(69)77(73)79(61)87)62-42-46-74(78-64-28-20-22-30-70(64)88(76)80(62)78)86(58-39-33-54(34-40-58)82(6,7)8)72-44-36-56(84(12,13)14)48-66(72)60-26-18-16-24-52(60)2/h15-50H,1-14H3. The lowest BCUT2D eigenvalue weighted by Gasteiger charge is -2.31. The zero-order chi connectivity index (χ0) is 61.1. The van der Waals surface area contributed by atoms with Gasteiger partial charge in [0.1, 0.15) is 0 Å². The molecule has 4 heteroatoms. The molecule has 0 unspecified atom stereocenters. The van der Waals surface area contributed by atoms with Crippen LogP contribution in [0.3, 0.4) is 0 Å². The number of para-hydroxylation sites is 2. The van der Waals surface area contributed by atoms with E-state index in [0.29, 0.717) is 0 Å². The fraction of sp³-hybridized carbons (Fsp3) is 0.214. The van der Waals surface area contributed by atoms with Crippen LogP contribution in [0.5, 0.6) is 0 Å². The van der Waals surface area contributed by atoms with Gasteiger partial charge in [0.05, 0.1) is 55.8 Å². The molecule has 15 rings (SSSR count). The number of aryl methyl sites for hydroxylation is 2. The third kappa shape index (κ3) is 8.53. The number of hydrogen-bond donors (Lipinski definition) is 0. The lowest BCUT2D eigenvalue weighted by molar-refractivity contribution is 0.590. The first-order valence-corrected chi connectivity index (χ1v) is 31.6. The summed E-state index contributed by atoms with van der Waals surface area (Å²) in [4.78, 5) is 5.11. The van der Waals surface area contributed by atoms with E-state index in [-0.39, 0.29) is 21.7 Å². The minimum atomic E-state index is -0.0478. The quantitative estimate of drug-likeness (QED) is 0.151. The van der Waals surface area contributed by atoms with E-state index in [9.17, 15) is 0 Å². The second kappa shape index (κ2) is 19.6. The molecule has 4 nitrogen and oxygen atoms in total. The molecule has 15 aromatic rings. The Balaban J connectivity index is 1.01. The van der Waals surface area contributed by atoms with Gasteiger partial charge in [0.25, 0.3) is 0 Å². The molecule has 0 radical (unpaired) electrons. The van der Waals surface area contributed by atoms with Gasteiger partial charge < -0.3 is 18.6 Å². The van der Waals surface area contributed by atoms with E-state index in [4.69, 9.17) is 0 Å². The molecule has 0 aliphatic carbocycles. The van der Waals surface area contributed by atoms with Crippen molar-refractivity contribution >= 4 is 110 Å². The third-order valence-corrected chi connectivity index (χ3v) is 19.3. The molecular weight excluding hydrogens is 1060 g/mol. The van der Waals surface area contributed by atoms with Crippen LogP contribution < -0.4 is 9.80 Å². The number of rotatable bonds is 8. The van der Waals surface area contributed by atoms with Crippen molar-refractivity contribution in [2.75, 3.05) is 9.80 Å². The van der Waals surface area contributed by atoms with Crippen molar-refractivity contribution in [3.8, 4) is 22.3 Å². The Kier molecular flexibility index (Phi) is 12.3. The van der Waals surface area contributed by atoms with Crippen LogP contribution in [0.15, 0.2) is 218 Å². The molecule has 0 atom stereocenters. The predicted molar refractivity (Wildman–Crippen MR) is 380 cm³/mol. The predicted octanol–water partition coefficient (Wildman–Crippen LogP) is 24.1. The number of aromatic nitrogens is 2. The summed E-state index contributed by atoms with van der Waals surface area (Å²) in [5, 5.41) is 9.94. The molecule has 0 amide bonds. The largest absolute Gasteiger partial charge is 0.309 e. The summed E-state index contributed by atoms with van der Waals surface area (Å²) in [6.07, 6.45) is 0. The Hall–Kier alpha value is -9.38. The van der Waals surface area contributed by atoms with Gasteiger partial charge in [-0.05, 0) is 165 Å². The van der Waals surface area contributed by atoms with E-state index in [1.54, 1.807) is 0 Å². The molecule has 0 N–H and O–H groups in total. The minimum Gasteiger partial charge on any atom is -0.309 e. The van der Waals surface area contributed by atoms with E-state index in [0.717, 1.165) is 34.1 Å². The van der Waals surface area contributed by atoms with Gasteiger partial charge in [-0.15, -0.1) is 0 Å². The van der Waals surface area contributed by atoms with Crippen LogP contribution in [0.4, 0.5) is 34.1 Å². The minimum absolute atomic E-state index is 0.00272. The fourth-order valence-electron chi connectivity index (χ4n) is 14.5. The summed E-state index contributed by atoms with van der Waals surface area (Å²) in [5.74, 6) is 0. The molecule has 0 aliphatic heterocycles. The average molecular weight is 1140 g/mol. The summed E-state index contributed by atoms with van der Waals surface area (Å²) in [6, 6.07) is 83.8. The lowest BCUT2D eigenvalue weighted by Crippen LogP contribution is -2.16. The second-order valence-electron chi connectivity index (χ2n) is 29.2. The highest BCUT2D eigenvalue weighted by molar-refractivity contribution is 6.32. The summed E-state index contributed by atoms with van der Waals surface area (Å²) < 4.78 is 5.17. The number of hydrogen-bond acceptors (Lipinski definition) is 2. The SMILES string of the molecule is Cc1ccccc1-c1cc(C(C)(C)C)ccc1N(c1ccc(C(C)(C)C)cc1)c1ccc2c3cc4c(cc3n3c5ccccc5c1c23)c1ccc(N(c2ccc(C(C)(C)C)cc2)c2ccc(C(C)(C)C)cc2-c2ccccc2C)c2c3ccccc3n4c12. The first-order valence-electron chi connectivity index (χ1n) is 31.6. The van der Waals surface area contributed by atoms with E-state index in [1.807, 2.05) is 0 Å². The third-order valence-electron chi connectivity index (χ3n) is 19.3. The van der Waals surface area contributed by atoms with Crippen LogP contribution in [0.25, 0.3) is 98.4 Å². The highest BCUT2D eigenvalue weighted by Crippen LogP contribution is 2.54. The molecule has 0 aliphatic rings. The highest BCUT2D eigenvalue weighted by Gasteiger charge is 2.31. The first-order chi connectivity index (χ1) is 42.0. The van der Waals surface area contributed by atoms with E-state index in [2.05, 4.69) is 334 Å². The van der Waals surface area contributed by atoms with Gasteiger partial charge in [-0.25, -0.2) is 0 Å². The van der Waals surface area contributed by atoms with Gasteiger partial charge in [0, 0.05) is 65.6 Å². The van der Waals surface area contributed by atoms with Crippen LogP contribution in [0, 0.1) is 13.8 Å². The van der Waals surface area contributed by atoms with Gasteiger partial charge in [0.15, 0.2) is 0 Å². The molecular formula is C84H78N4. The van der Waals surface area contributed by atoms with Crippen molar-refractivity contribution in [3.63, 3.8) is 0 Å². The molecule has 0 saturated carbocycles.